The maximum atomic E-state index is 13.3. The molecule has 1 aliphatic carbocycles. The first-order valence-corrected chi connectivity index (χ1v) is 15.1. The highest BCUT2D eigenvalue weighted by molar-refractivity contribution is 5.77. The lowest BCUT2D eigenvalue weighted by Gasteiger charge is -2.46. The van der Waals surface area contributed by atoms with Gasteiger partial charge in [0.15, 0.2) is 11.5 Å². The molecule has 3 atom stereocenters. The van der Waals surface area contributed by atoms with Crippen molar-refractivity contribution < 1.29 is 9.50 Å². The molecule has 0 radical (unpaired) electrons. The summed E-state index contributed by atoms with van der Waals surface area (Å²) in [7, 11) is 0. The zero-order chi connectivity index (χ0) is 29.7. The molecule has 2 saturated heterocycles. The number of allylic oxidation sites excluding steroid dienone is 1. The molecule has 2 N–H and O–H groups in total. The molecule has 0 spiro atoms. The van der Waals surface area contributed by atoms with Crippen LogP contribution in [0.5, 0.6) is 0 Å². The molecule has 2 fully saturated rings. The van der Waals surface area contributed by atoms with Crippen molar-refractivity contribution in [2.75, 3.05) is 49.6 Å². The van der Waals surface area contributed by atoms with E-state index < -0.39 is 5.60 Å². The van der Waals surface area contributed by atoms with Crippen molar-refractivity contribution in [1.29, 1.82) is 0 Å². The number of aliphatic hydroxyl groups is 1. The number of benzene rings is 1. The summed E-state index contributed by atoms with van der Waals surface area (Å²) in [5, 5.41) is 14.5. The average Bonchev–Trinajstić information content (AvgIpc) is 3.45. The van der Waals surface area contributed by atoms with Gasteiger partial charge >= 0.3 is 0 Å². The van der Waals surface area contributed by atoms with Crippen LogP contribution in [0.1, 0.15) is 31.0 Å². The van der Waals surface area contributed by atoms with Gasteiger partial charge < -0.3 is 20.2 Å². The number of alkyl halides is 1. The summed E-state index contributed by atoms with van der Waals surface area (Å²) >= 11 is 0. The minimum atomic E-state index is -1.02. The Hall–Kier alpha value is -4.09. The number of rotatable bonds is 8. The second-order valence-corrected chi connectivity index (χ2v) is 12.4. The molecular formula is C32H37FN8O2. The summed E-state index contributed by atoms with van der Waals surface area (Å²) < 4.78 is 16.1. The van der Waals surface area contributed by atoms with E-state index >= 15 is 0 Å². The minimum absolute atomic E-state index is 0.237. The van der Waals surface area contributed by atoms with E-state index in [9.17, 15) is 14.3 Å². The van der Waals surface area contributed by atoms with E-state index in [4.69, 9.17) is 9.97 Å². The van der Waals surface area contributed by atoms with E-state index in [0.29, 0.717) is 53.3 Å². The number of aromatic nitrogens is 5. The Kier molecular flexibility index (Phi) is 7.01. The van der Waals surface area contributed by atoms with E-state index in [-0.39, 0.29) is 18.8 Å². The third kappa shape index (κ3) is 5.10. The van der Waals surface area contributed by atoms with Crippen molar-refractivity contribution >= 4 is 28.4 Å². The predicted octanol–water partition coefficient (Wildman–Crippen LogP) is 3.79. The molecule has 2 bridgehead atoms. The number of aryl methyl sites for hydroxylation is 1. The van der Waals surface area contributed by atoms with E-state index in [1.807, 2.05) is 24.3 Å². The van der Waals surface area contributed by atoms with Gasteiger partial charge in [0.25, 0.3) is 5.56 Å². The van der Waals surface area contributed by atoms with Gasteiger partial charge in [-0.2, -0.15) is 4.98 Å². The summed E-state index contributed by atoms with van der Waals surface area (Å²) in [6.07, 6.45) is 5.79. The quantitative estimate of drug-likeness (QED) is 0.302. The fraction of sp³-hybridized carbons (Fsp3) is 0.438. The van der Waals surface area contributed by atoms with Crippen LogP contribution in [-0.2, 0) is 18.6 Å². The summed E-state index contributed by atoms with van der Waals surface area (Å²) in [6.45, 7) is 10.0. The number of likely N-dealkylation sites (tertiary alicyclic amines) is 1. The number of piperidine rings is 2. The monoisotopic (exact) mass is 584 g/mol. The highest BCUT2D eigenvalue weighted by Crippen LogP contribution is 2.36. The number of nitrogens with zero attached hydrogens (tertiary/aromatic N) is 7. The van der Waals surface area contributed by atoms with Crippen molar-refractivity contribution in [3.63, 3.8) is 0 Å². The molecule has 4 aromatic rings. The number of hydrogen-bond acceptors (Lipinski definition) is 8. The van der Waals surface area contributed by atoms with Gasteiger partial charge in [-0.1, -0.05) is 12.1 Å². The van der Waals surface area contributed by atoms with Crippen molar-refractivity contribution in [3.8, 4) is 5.82 Å². The van der Waals surface area contributed by atoms with Crippen LogP contribution in [0.2, 0.25) is 0 Å². The third-order valence-corrected chi connectivity index (χ3v) is 9.10. The van der Waals surface area contributed by atoms with Crippen LogP contribution in [0.4, 0.5) is 21.7 Å². The number of pyridine rings is 1. The Labute approximate surface area is 249 Å². The maximum absolute atomic E-state index is 13.3. The lowest BCUT2D eigenvalue weighted by Crippen LogP contribution is -2.53. The van der Waals surface area contributed by atoms with Crippen LogP contribution in [-0.4, -0.2) is 73.7 Å². The molecule has 10 nitrogen and oxygen atoms in total. The highest BCUT2D eigenvalue weighted by Gasteiger charge is 2.35. The summed E-state index contributed by atoms with van der Waals surface area (Å²) in [5.41, 5.74) is 2.81. The predicted molar refractivity (Wildman–Crippen MR) is 165 cm³/mol. The van der Waals surface area contributed by atoms with Crippen LogP contribution < -0.4 is 15.8 Å². The molecule has 1 aromatic carbocycles. The first-order chi connectivity index (χ1) is 20.8. The summed E-state index contributed by atoms with van der Waals surface area (Å²) in [4.78, 5) is 32.1. The second kappa shape index (κ2) is 10.9. The van der Waals surface area contributed by atoms with E-state index in [1.165, 1.54) is 16.8 Å². The number of halogens is 1. The SMILES string of the molecule is C=CCn1c(=O)c2cnc(Nc3ccc(N4CC5CC(CN(CCF)C5)C4)cc3)nc2n1-c1ccc2c(n1)[C@@](C)(O)CC2. The number of anilines is 3. The molecule has 5 heterocycles. The molecule has 2 aliphatic heterocycles. The molecule has 43 heavy (non-hydrogen) atoms. The van der Waals surface area contributed by atoms with Crippen molar-refractivity contribution in [1.82, 2.24) is 29.2 Å². The fourth-order valence-electron chi connectivity index (χ4n) is 7.15. The van der Waals surface area contributed by atoms with Crippen LogP contribution in [0, 0.1) is 11.8 Å². The molecule has 0 amide bonds. The first kappa shape index (κ1) is 27.7. The molecule has 7 rings (SSSR count). The van der Waals surface area contributed by atoms with Crippen LogP contribution in [0.25, 0.3) is 16.9 Å². The lowest BCUT2D eigenvalue weighted by molar-refractivity contribution is 0.0553. The van der Waals surface area contributed by atoms with E-state index in [0.717, 1.165) is 43.9 Å². The molecule has 2 unspecified atom stereocenters. The van der Waals surface area contributed by atoms with Gasteiger partial charge in [0, 0.05) is 50.3 Å². The van der Waals surface area contributed by atoms with Gasteiger partial charge in [-0.15, -0.1) is 6.58 Å². The van der Waals surface area contributed by atoms with Gasteiger partial charge in [-0.05, 0) is 73.9 Å². The zero-order valence-corrected chi connectivity index (χ0v) is 24.4. The Balaban J connectivity index is 1.15. The molecular weight excluding hydrogens is 547 g/mol. The molecule has 3 aromatic heterocycles. The standard InChI is InChI=1S/C32H37FN8O2/c1-3-13-40-30(42)26-16-34-31(37-29(26)41(40)27-9-4-23-10-11-32(2,43)28(23)36-27)35-24-5-7-25(8-6-24)39-19-21-15-22(20-39)18-38(17-21)14-12-33/h3-9,16,21-22,43H,1,10-15,17-20H2,2H3,(H,34,35,37)/t21?,22?,32-/m0/s1. The Morgan fingerprint density at radius 1 is 1.12 bits per heavy atom. The van der Waals surface area contributed by atoms with Crippen molar-refractivity contribution in [2.45, 2.75) is 38.3 Å². The molecule has 0 saturated carbocycles. The smallest absolute Gasteiger partial charge is 0.278 e. The summed E-state index contributed by atoms with van der Waals surface area (Å²) in [6, 6.07) is 12.1. The van der Waals surface area contributed by atoms with Crippen LogP contribution in [0.15, 0.2) is 60.0 Å². The van der Waals surface area contributed by atoms with E-state index in [1.54, 1.807) is 23.9 Å². The fourth-order valence-corrected chi connectivity index (χ4v) is 7.15. The van der Waals surface area contributed by atoms with Gasteiger partial charge in [-0.3, -0.25) is 4.79 Å². The Bertz CT molecular complexity index is 1720. The summed E-state index contributed by atoms with van der Waals surface area (Å²) in [5.74, 6) is 1.99. The number of hydrogen-bond donors (Lipinski definition) is 2. The van der Waals surface area contributed by atoms with Gasteiger partial charge in [0.2, 0.25) is 5.95 Å². The van der Waals surface area contributed by atoms with E-state index in [2.05, 4.69) is 38.8 Å². The Morgan fingerprint density at radius 2 is 1.88 bits per heavy atom. The number of fused-ring (bicyclic) bond motifs is 4. The van der Waals surface area contributed by atoms with Gasteiger partial charge in [-0.25, -0.2) is 23.7 Å². The zero-order valence-electron chi connectivity index (χ0n) is 24.4. The number of nitrogens with one attached hydrogen (secondary N) is 1. The molecule has 3 aliphatic rings. The normalized spacial score (nSPS) is 23.5. The Morgan fingerprint density at radius 3 is 2.60 bits per heavy atom. The first-order valence-electron chi connectivity index (χ1n) is 15.1. The van der Waals surface area contributed by atoms with Gasteiger partial charge in [0.1, 0.15) is 17.7 Å². The molecule has 224 valence electrons. The maximum Gasteiger partial charge on any atom is 0.278 e. The highest BCUT2D eigenvalue weighted by atomic mass is 19.1. The largest absolute Gasteiger partial charge is 0.384 e. The van der Waals surface area contributed by atoms with Crippen LogP contribution in [0.3, 0.4) is 0 Å². The van der Waals surface area contributed by atoms with Crippen molar-refractivity contribution in [2.24, 2.45) is 11.8 Å². The topological polar surface area (TPSA) is 104 Å². The molecule has 11 heteroatoms. The lowest BCUT2D eigenvalue weighted by atomic mass is 9.84. The average molecular weight is 585 g/mol. The minimum Gasteiger partial charge on any atom is -0.384 e. The third-order valence-electron chi connectivity index (χ3n) is 9.10. The van der Waals surface area contributed by atoms with Crippen molar-refractivity contribution in [3.05, 3.63) is 76.9 Å². The van der Waals surface area contributed by atoms with Crippen LogP contribution >= 0.6 is 0 Å². The van der Waals surface area contributed by atoms with Gasteiger partial charge in [0.05, 0.1) is 12.2 Å². The second-order valence-electron chi connectivity index (χ2n) is 12.4.